The summed E-state index contributed by atoms with van der Waals surface area (Å²) in [6.07, 6.45) is -3.99. The molecule has 0 radical (unpaired) electrons. The largest absolute Gasteiger partial charge is 0.492 e. The molecule has 0 aliphatic carbocycles. The molecule has 1 N–H and O–H groups in total. The Balaban J connectivity index is 2.07. The fraction of sp³-hybridized carbons (Fsp3) is 0.333. The molecular weight excluding hydrogens is 601 g/mol. The third-order valence-electron chi connectivity index (χ3n) is 5.90. The number of amides is 1. The van der Waals surface area contributed by atoms with Gasteiger partial charge in [-0.1, -0.05) is 34.1 Å². The molecule has 1 aromatic heterocycles. The standard InChI is InChI=1S/C27H28BrF3N2O5S/c1-17(2)39(36,37)22-10-8-19(9-11-22)16-33(21-7-4-6-20(14-21)27(29,30)31)26(35)23-15-24(38-13-5-12-28)18(3)32-25(23)34/h4,6-11,14-15,17H,5,12-13,16H2,1-3H3,(H,32,34). The number of aromatic nitrogens is 1. The van der Waals surface area contributed by atoms with Crippen molar-refractivity contribution < 1.29 is 31.1 Å². The highest BCUT2D eigenvalue weighted by atomic mass is 79.9. The minimum absolute atomic E-state index is 0.0819. The van der Waals surface area contributed by atoms with Crippen LogP contribution in [0.3, 0.4) is 0 Å². The monoisotopic (exact) mass is 628 g/mol. The van der Waals surface area contributed by atoms with Crippen LogP contribution in [0.15, 0.2) is 64.3 Å². The van der Waals surface area contributed by atoms with Gasteiger partial charge in [-0.25, -0.2) is 8.42 Å². The van der Waals surface area contributed by atoms with Crippen molar-refractivity contribution in [3.8, 4) is 5.75 Å². The van der Waals surface area contributed by atoms with E-state index < -0.39 is 38.3 Å². The number of rotatable bonds is 10. The van der Waals surface area contributed by atoms with Crippen LogP contribution in [0.4, 0.5) is 18.9 Å². The maximum Gasteiger partial charge on any atom is 0.416 e. The molecule has 39 heavy (non-hydrogen) atoms. The van der Waals surface area contributed by atoms with E-state index >= 15 is 0 Å². The van der Waals surface area contributed by atoms with Crippen LogP contribution in [0.5, 0.6) is 5.75 Å². The zero-order valence-electron chi connectivity index (χ0n) is 21.5. The second-order valence-electron chi connectivity index (χ2n) is 9.07. The molecular formula is C27H28BrF3N2O5S. The van der Waals surface area contributed by atoms with E-state index in [1.165, 1.54) is 42.5 Å². The minimum Gasteiger partial charge on any atom is -0.492 e. The first kappa shape index (κ1) is 30.4. The number of nitrogens with one attached hydrogen (secondary N) is 1. The summed E-state index contributed by atoms with van der Waals surface area (Å²) in [7, 11) is -3.55. The van der Waals surface area contributed by atoms with Crippen LogP contribution < -0.4 is 15.2 Å². The van der Waals surface area contributed by atoms with Crippen LogP contribution in [0.2, 0.25) is 0 Å². The maximum atomic E-state index is 13.7. The van der Waals surface area contributed by atoms with Crippen molar-refractivity contribution in [1.82, 2.24) is 4.98 Å². The van der Waals surface area contributed by atoms with Gasteiger partial charge in [-0.05, 0) is 63.1 Å². The number of aryl methyl sites for hydroxylation is 1. The molecule has 0 fully saturated rings. The SMILES string of the molecule is Cc1[nH]c(=O)c(C(=O)N(Cc2ccc(S(=O)(=O)C(C)C)cc2)c2cccc(C(F)(F)F)c2)cc1OCCCBr. The molecule has 7 nitrogen and oxygen atoms in total. The van der Waals surface area contributed by atoms with Crippen LogP contribution in [-0.4, -0.2) is 36.5 Å². The average Bonchev–Trinajstić information content (AvgIpc) is 2.88. The van der Waals surface area contributed by atoms with Gasteiger partial charge in [0.05, 0.1) is 34.6 Å². The lowest BCUT2D eigenvalue weighted by Gasteiger charge is -2.24. The van der Waals surface area contributed by atoms with Gasteiger partial charge in [0, 0.05) is 17.1 Å². The molecule has 0 bridgehead atoms. The minimum atomic E-state index is -4.66. The molecule has 2 aromatic carbocycles. The topological polar surface area (TPSA) is 96.5 Å². The van der Waals surface area contributed by atoms with E-state index in [0.717, 1.165) is 17.0 Å². The summed E-state index contributed by atoms with van der Waals surface area (Å²) in [4.78, 5) is 30.2. The number of H-pyrrole nitrogens is 1. The van der Waals surface area contributed by atoms with E-state index in [1.54, 1.807) is 20.8 Å². The quantitative estimate of drug-likeness (QED) is 0.223. The van der Waals surface area contributed by atoms with Crippen LogP contribution in [-0.2, 0) is 22.6 Å². The Hall–Kier alpha value is -3.12. The molecule has 1 heterocycles. The first-order valence-electron chi connectivity index (χ1n) is 12.0. The highest BCUT2D eigenvalue weighted by molar-refractivity contribution is 9.09. The number of anilines is 1. The number of sulfone groups is 1. The average molecular weight is 629 g/mol. The lowest BCUT2D eigenvalue weighted by atomic mass is 10.1. The van der Waals surface area contributed by atoms with Gasteiger partial charge in [-0.2, -0.15) is 13.2 Å². The number of ether oxygens (including phenoxy) is 1. The van der Waals surface area contributed by atoms with Crippen molar-refractivity contribution >= 4 is 37.4 Å². The summed E-state index contributed by atoms with van der Waals surface area (Å²) in [5, 5.41) is 0.0348. The first-order valence-corrected chi connectivity index (χ1v) is 14.7. The molecule has 3 rings (SSSR count). The zero-order chi connectivity index (χ0) is 29.0. The van der Waals surface area contributed by atoms with Gasteiger partial charge in [0.15, 0.2) is 9.84 Å². The Morgan fingerprint density at radius 2 is 1.77 bits per heavy atom. The summed E-state index contributed by atoms with van der Waals surface area (Å²) in [5.41, 5.74) is -1.24. The lowest BCUT2D eigenvalue weighted by Crippen LogP contribution is -2.35. The summed E-state index contributed by atoms with van der Waals surface area (Å²) >= 11 is 3.30. The first-order chi connectivity index (χ1) is 18.3. The van der Waals surface area contributed by atoms with E-state index in [-0.39, 0.29) is 28.4 Å². The predicted octanol–water partition coefficient (Wildman–Crippen LogP) is 5.90. The smallest absolute Gasteiger partial charge is 0.416 e. The molecule has 0 atom stereocenters. The second kappa shape index (κ2) is 12.4. The number of hydrogen-bond acceptors (Lipinski definition) is 5. The van der Waals surface area contributed by atoms with Gasteiger partial charge in [0.1, 0.15) is 11.3 Å². The number of alkyl halides is 4. The van der Waals surface area contributed by atoms with Crippen LogP contribution in [0.25, 0.3) is 0 Å². The molecule has 0 saturated carbocycles. The summed E-state index contributed by atoms with van der Waals surface area (Å²) in [6, 6.07) is 11.2. The van der Waals surface area contributed by atoms with Crippen LogP contribution >= 0.6 is 15.9 Å². The van der Waals surface area contributed by atoms with Crippen molar-refractivity contribution in [3.05, 3.63) is 87.3 Å². The second-order valence-corrected chi connectivity index (χ2v) is 12.4. The normalized spacial score (nSPS) is 12.0. The molecule has 3 aromatic rings. The highest BCUT2D eigenvalue weighted by Crippen LogP contribution is 2.33. The molecule has 0 spiro atoms. The number of pyridine rings is 1. The van der Waals surface area contributed by atoms with Crippen molar-refractivity contribution in [1.29, 1.82) is 0 Å². The number of carbonyl (C=O) groups is 1. The Labute approximate surface area is 233 Å². The number of aromatic amines is 1. The number of hydrogen-bond donors (Lipinski definition) is 1. The molecule has 1 amide bonds. The van der Waals surface area contributed by atoms with Gasteiger partial charge in [0.2, 0.25) is 0 Å². The summed E-state index contributed by atoms with van der Waals surface area (Å²) in [5.74, 6) is -0.578. The van der Waals surface area contributed by atoms with E-state index in [9.17, 15) is 31.2 Å². The molecule has 210 valence electrons. The molecule has 0 aliphatic rings. The van der Waals surface area contributed by atoms with Gasteiger partial charge in [0.25, 0.3) is 11.5 Å². The van der Waals surface area contributed by atoms with E-state index in [0.29, 0.717) is 29.6 Å². The Morgan fingerprint density at radius 3 is 2.36 bits per heavy atom. The zero-order valence-corrected chi connectivity index (χ0v) is 23.9. The van der Waals surface area contributed by atoms with Crippen LogP contribution in [0.1, 0.15) is 47.4 Å². The molecule has 12 heteroatoms. The maximum absolute atomic E-state index is 13.7. The molecule has 0 unspecified atom stereocenters. The van der Waals surface area contributed by atoms with Gasteiger partial charge < -0.3 is 14.6 Å². The molecule has 0 aliphatic heterocycles. The van der Waals surface area contributed by atoms with Gasteiger partial charge >= 0.3 is 6.18 Å². The predicted molar refractivity (Wildman–Crippen MR) is 146 cm³/mol. The Bertz CT molecular complexity index is 1490. The van der Waals surface area contributed by atoms with Crippen LogP contribution in [0, 0.1) is 6.92 Å². The number of carbonyl (C=O) groups excluding carboxylic acids is 1. The summed E-state index contributed by atoms with van der Waals surface area (Å²) in [6.45, 7) is 4.79. The van der Waals surface area contributed by atoms with Gasteiger partial charge in [-0.3, -0.25) is 9.59 Å². The Kier molecular flexibility index (Phi) is 9.65. The lowest BCUT2D eigenvalue weighted by molar-refractivity contribution is -0.137. The highest BCUT2D eigenvalue weighted by Gasteiger charge is 2.32. The third-order valence-corrected chi connectivity index (χ3v) is 8.63. The fourth-order valence-corrected chi connectivity index (χ4v) is 4.95. The molecule has 0 saturated heterocycles. The number of nitrogens with zero attached hydrogens (tertiary/aromatic N) is 1. The summed E-state index contributed by atoms with van der Waals surface area (Å²) < 4.78 is 71.1. The van der Waals surface area contributed by atoms with Crippen molar-refractivity contribution in [2.75, 3.05) is 16.8 Å². The number of halogens is 4. The van der Waals surface area contributed by atoms with Crippen molar-refractivity contribution in [3.63, 3.8) is 0 Å². The van der Waals surface area contributed by atoms with Crippen molar-refractivity contribution in [2.24, 2.45) is 0 Å². The Morgan fingerprint density at radius 1 is 1.10 bits per heavy atom. The van der Waals surface area contributed by atoms with Crippen molar-refractivity contribution in [2.45, 2.75) is 50.1 Å². The van der Waals surface area contributed by atoms with Gasteiger partial charge in [-0.15, -0.1) is 0 Å². The van der Waals surface area contributed by atoms with E-state index in [4.69, 9.17) is 4.74 Å². The third kappa shape index (κ3) is 7.30. The van der Waals surface area contributed by atoms with E-state index in [2.05, 4.69) is 20.9 Å². The fourth-order valence-electron chi connectivity index (χ4n) is 3.66. The van der Waals surface area contributed by atoms with E-state index in [1.807, 2.05) is 0 Å². The number of benzene rings is 2.